The van der Waals surface area contributed by atoms with Crippen molar-refractivity contribution in [2.45, 2.75) is 6.92 Å². The van der Waals surface area contributed by atoms with Crippen molar-refractivity contribution in [3.8, 4) is 17.1 Å². The molecule has 3 rings (SSSR count). The zero-order valence-corrected chi connectivity index (χ0v) is 11.2. The molecule has 0 aliphatic heterocycles. The van der Waals surface area contributed by atoms with Gasteiger partial charge in [0.05, 0.1) is 11.3 Å². The number of hydrogen-bond donors (Lipinski definition) is 0. The fraction of sp³-hybridized carbons (Fsp3) is 0.0769. The van der Waals surface area contributed by atoms with Gasteiger partial charge in [-0.15, -0.1) is 0 Å². The van der Waals surface area contributed by atoms with E-state index in [0.717, 1.165) is 0 Å². The highest BCUT2D eigenvalue weighted by Crippen LogP contribution is 2.29. The number of pyridine rings is 1. The fourth-order valence-electron chi connectivity index (χ4n) is 1.84. The number of aryl methyl sites for hydroxylation is 1. The average Bonchev–Trinajstić information content (AvgIpc) is 3.03. The van der Waals surface area contributed by atoms with E-state index >= 15 is 0 Å². The molecule has 0 unspecified atom stereocenters. The minimum atomic E-state index is 0.224. The maximum Gasteiger partial charge on any atom is 0.155 e. The smallest absolute Gasteiger partial charge is 0.155 e. The lowest BCUT2D eigenvalue weighted by Gasteiger charge is -2.00. The van der Waals surface area contributed by atoms with Crippen molar-refractivity contribution >= 4 is 17.9 Å². The maximum atomic E-state index is 11.3. The van der Waals surface area contributed by atoms with Crippen LogP contribution in [0.2, 0.25) is 5.15 Å². The lowest BCUT2D eigenvalue weighted by molar-refractivity contribution is 0.112. The van der Waals surface area contributed by atoms with E-state index in [-0.39, 0.29) is 10.7 Å². The topological polar surface area (TPSA) is 73.8 Å². The van der Waals surface area contributed by atoms with Gasteiger partial charge in [0.25, 0.3) is 0 Å². The summed E-state index contributed by atoms with van der Waals surface area (Å²) in [5.41, 5.74) is 1.84. The Morgan fingerprint density at radius 2 is 2.10 bits per heavy atom. The predicted molar refractivity (Wildman–Crippen MR) is 72.0 cm³/mol. The lowest BCUT2D eigenvalue weighted by Crippen LogP contribution is -1.96. The molecule has 0 radical (unpaired) electrons. The van der Waals surface area contributed by atoms with Crippen molar-refractivity contribution < 1.29 is 9.32 Å². The SMILES string of the molecule is Cc1cc(-c2nn(-c3ccncc3)c(Cl)c2C=O)no1. The monoisotopic (exact) mass is 288 g/mol. The van der Waals surface area contributed by atoms with Crippen molar-refractivity contribution in [1.82, 2.24) is 19.9 Å². The summed E-state index contributed by atoms with van der Waals surface area (Å²) in [6, 6.07) is 5.18. The molecule has 3 aromatic rings. The molecular weight excluding hydrogens is 280 g/mol. The van der Waals surface area contributed by atoms with Crippen LogP contribution in [0.3, 0.4) is 0 Å². The third kappa shape index (κ3) is 2.00. The van der Waals surface area contributed by atoms with Crippen molar-refractivity contribution in [2.24, 2.45) is 0 Å². The third-order valence-electron chi connectivity index (χ3n) is 2.76. The molecule has 0 amide bonds. The molecular formula is C13H9ClN4O2. The standard InChI is InChI=1S/C13H9ClN4O2/c1-8-6-11(17-20-8)12-10(7-19)13(14)18(16-12)9-2-4-15-5-3-9/h2-7H,1H3. The van der Waals surface area contributed by atoms with Gasteiger partial charge in [0.1, 0.15) is 22.3 Å². The molecule has 7 heteroatoms. The van der Waals surface area contributed by atoms with E-state index in [1.807, 2.05) is 0 Å². The number of hydrogen-bond acceptors (Lipinski definition) is 5. The maximum absolute atomic E-state index is 11.3. The Hall–Kier alpha value is -2.47. The fourth-order valence-corrected chi connectivity index (χ4v) is 2.11. The summed E-state index contributed by atoms with van der Waals surface area (Å²) in [5.74, 6) is 0.631. The van der Waals surface area contributed by atoms with E-state index in [1.165, 1.54) is 4.68 Å². The number of halogens is 1. The van der Waals surface area contributed by atoms with Gasteiger partial charge in [-0.05, 0) is 19.1 Å². The molecule has 0 aromatic carbocycles. The van der Waals surface area contributed by atoms with Crippen LogP contribution in [0.25, 0.3) is 17.1 Å². The van der Waals surface area contributed by atoms with E-state index in [0.29, 0.717) is 29.1 Å². The van der Waals surface area contributed by atoms with Gasteiger partial charge >= 0.3 is 0 Å². The molecule has 0 atom stereocenters. The van der Waals surface area contributed by atoms with E-state index in [4.69, 9.17) is 16.1 Å². The Balaban J connectivity index is 2.20. The lowest BCUT2D eigenvalue weighted by atomic mass is 10.2. The van der Waals surface area contributed by atoms with Gasteiger partial charge in [-0.25, -0.2) is 4.68 Å². The predicted octanol–water partition coefficient (Wildman–Crippen LogP) is 2.70. The number of carbonyl (C=O) groups is 1. The van der Waals surface area contributed by atoms with E-state index in [9.17, 15) is 4.79 Å². The molecule has 0 saturated heterocycles. The van der Waals surface area contributed by atoms with Crippen LogP contribution in [0.4, 0.5) is 0 Å². The first kappa shape index (κ1) is 12.6. The van der Waals surface area contributed by atoms with Gasteiger partial charge in [-0.3, -0.25) is 9.78 Å². The summed E-state index contributed by atoms with van der Waals surface area (Å²) >= 11 is 6.21. The Bertz CT molecular complexity index is 764. The Morgan fingerprint density at radius 1 is 1.35 bits per heavy atom. The van der Waals surface area contributed by atoms with Gasteiger partial charge in [-0.2, -0.15) is 5.10 Å². The molecule has 100 valence electrons. The number of nitrogens with zero attached hydrogens (tertiary/aromatic N) is 4. The molecule has 3 aromatic heterocycles. The summed E-state index contributed by atoms with van der Waals surface area (Å²) in [6.07, 6.45) is 3.90. The summed E-state index contributed by atoms with van der Waals surface area (Å²) in [6.45, 7) is 1.76. The highest BCUT2D eigenvalue weighted by Gasteiger charge is 2.20. The highest BCUT2D eigenvalue weighted by atomic mass is 35.5. The van der Waals surface area contributed by atoms with Crippen LogP contribution in [0.5, 0.6) is 0 Å². The van der Waals surface area contributed by atoms with Crippen LogP contribution in [0.15, 0.2) is 35.1 Å². The minimum Gasteiger partial charge on any atom is -0.361 e. The molecule has 20 heavy (non-hydrogen) atoms. The second-order valence-corrected chi connectivity index (χ2v) is 4.47. The van der Waals surface area contributed by atoms with Crippen molar-refractivity contribution in [3.63, 3.8) is 0 Å². The Labute approximate surface area is 119 Å². The highest BCUT2D eigenvalue weighted by molar-refractivity contribution is 6.32. The summed E-state index contributed by atoms with van der Waals surface area (Å²) in [5, 5.41) is 8.42. The van der Waals surface area contributed by atoms with Crippen molar-refractivity contribution in [1.29, 1.82) is 0 Å². The summed E-state index contributed by atoms with van der Waals surface area (Å²) in [7, 11) is 0. The largest absolute Gasteiger partial charge is 0.361 e. The van der Waals surface area contributed by atoms with E-state index in [1.54, 1.807) is 37.5 Å². The minimum absolute atomic E-state index is 0.224. The van der Waals surface area contributed by atoms with E-state index < -0.39 is 0 Å². The Morgan fingerprint density at radius 3 is 2.70 bits per heavy atom. The van der Waals surface area contributed by atoms with Gasteiger partial charge in [-0.1, -0.05) is 16.8 Å². The molecule has 0 saturated carbocycles. The number of carbonyl (C=O) groups excluding carboxylic acids is 1. The average molecular weight is 289 g/mol. The van der Waals surface area contributed by atoms with Crippen LogP contribution in [0.1, 0.15) is 16.1 Å². The summed E-state index contributed by atoms with van der Waals surface area (Å²) < 4.78 is 6.47. The first-order valence-corrected chi connectivity index (χ1v) is 6.16. The van der Waals surface area contributed by atoms with E-state index in [2.05, 4.69) is 15.2 Å². The first-order valence-electron chi connectivity index (χ1n) is 5.78. The number of aldehydes is 1. The van der Waals surface area contributed by atoms with Crippen LogP contribution in [-0.4, -0.2) is 26.2 Å². The van der Waals surface area contributed by atoms with Crippen molar-refractivity contribution in [3.05, 3.63) is 47.1 Å². The third-order valence-corrected chi connectivity index (χ3v) is 3.12. The van der Waals surface area contributed by atoms with Crippen LogP contribution >= 0.6 is 11.6 Å². The second-order valence-electron chi connectivity index (χ2n) is 4.11. The molecule has 0 aliphatic carbocycles. The molecule has 6 nitrogen and oxygen atoms in total. The van der Waals surface area contributed by atoms with Crippen LogP contribution in [-0.2, 0) is 0 Å². The molecule has 0 spiro atoms. The quantitative estimate of drug-likeness (QED) is 0.693. The van der Waals surface area contributed by atoms with Gasteiger partial charge in [0, 0.05) is 18.5 Å². The zero-order valence-electron chi connectivity index (χ0n) is 10.4. The molecule has 0 fully saturated rings. The van der Waals surface area contributed by atoms with Crippen molar-refractivity contribution in [2.75, 3.05) is 0 Å². The van der Waals surface area contributed by atoms with Crippen LogP contribution < -0.4 is 0 Å². The Kier molecular flexibility index (Phi) is 3.08. The zero-order chi connectivity index (χ0) is 14.1. The van der Waals surface area contributed by atoms with Gasteiger partial charge < -0.3 is 4.52 Å². The number of rotatable bonds is 3. The van der Waals surface area contributed by atoms with Gasteiger partial charge in [0.15, 0.2) is 6.29 Å². The summed E-state index contributed by atoms with van der Waals surface area (Å²) in [4.78, 5) is 15.2. The molecule has 0 N–H and O–H groups in total. The molecule has 0 bridgehead atoms. The molecule has 3 heterocycles. The second kappa shape index (κ2) is 4.90. The normalized spacial score (nSPS) is 10.7. The molecule has 0 aliphatic rings. The number of aromatic nitrogens is 4. The first-order chi connectivity index (χ1) is 9.70. The van der Waals surface area contributed by atoms with Gasteiger partial charge in [0.2, 0.25) is 0 Å². The van der Waals surface area contributed by atoms with Crippen LogP contribution in [0, 0.1) is 6.92 Å².